The summed E-state index contributed by atoms with van der Waals surface area (Å²) in [6, 6.07) is 4.10. The Morgan fingerprint density at radius 3 is 2.62 bits per heavy atom. The minimum Gasteiger partial charge on any atom is -0.389 e. The summed E-state index contributed by atoms with van der Waals surface area (Å²) in [5, 5.41) is 27.1. The van der Waals surface area contributed by atoms with E-state index in [1.54, 1.807) is 6.08 Å². The van der Waals surface area contributed by atoms with Crippen molar-refractivity contribution in [3.05, 3.63) is 12.2 Å². The molecule has 0 saturated carbocycles. The molecule has 13 heavy (non-hydrogen) atoms. The van der Waals surface area contributed by atoms with E-state index < -0.39 is 11.5 Å². The molecule has 0 spiro atoms. The third-order valence-corrected chi connectivity index (χ3v) is 2.39. The van der Waals surface area contributed by atoms with Gasteiger partial charge in [0.1, 0.15) is 5.41 Å². The molecule has 1 unspecified atom stereocenters. The summed E-state index contributed by atoms with van der Waals surface area (Å²) in [6.07, 6.45) is 5.30. The van der Waals surface area contributed by atoms with Crippen LogP contribution in [0.25, 0.3) is 0 Å². The van der Waals surface area contributed by atoms with Crippen LogP contribution >= 0.6 is 0 Å². The first-order valence-corrected chi connectivity index (χ1v) is 4.40. The summed E-state index contributed by atoms with van der Waals surface area (Å²) >= 11 is 0. The zero-order valence-corrected chi connectivity index (χ0v) is 7.40. The standard InChI is InChI=1S/C10H12N2O/c11-7-10(8-12)5-2-1-3-9(13)4-6-10/h1,3,9,13H,2,4-6H2/b3-1-. The molecule has 1 rings (SSSR count). The summed E-state index contributed by atoms with van der Waals surface area (Å²) in [7, 11) is 0. The van der Waals surface area contributed by atoms with Crippen LogP contribution in [0.15, 0.2) is 12.2 Å². The number of nitriles is 2. The second kappa shape index (κ2) is 4.07. The molecule has 1 N–H and O–H groups in total. The minimum atomic E-state index is -0.883. The van der Waals surface area contributed by atoms with Crippen molar-refractivity contribution in [3.8, 4) is 12.1 Å². The van der Waals surface area contributed by atoms with Gasteiger partial charge in [-0.05, 0) is 25.7 Å². The molecular weight excluding hydrogens is 164 g/mol. The highest BCUT2D eigenvalue weighted by molar-refractivity contribution is 5.15. The second-order valence-corrected chi connectivity index (χ2v) is 3.38. The number of hydrogen-bond donors (Lipinski definition) is 1. The van der Waals surface area contributed by atoms with Crippen molar-refractivity contribution < 1.29 is 5.11 Å². The summed E-state index contributed by atoms with van der Waals surface area (Å²) < 4.78 is 0. The van der Waals surface area contributed by atoms with Gasteiger partial charge < -0.3 is 5.11 Å². The van der Waals surface area contributed by atoms with Crippen LogP contribution in [0.1, 0.15) is 25.7 Å². The Morgan fingerprint density at radius 2 is 2.00 bits per heavy atom. The van der Waals surface area contributed by atoms with Gasteiger partial charge in [0.2, 0.25) is 0 Å². The number of aliphatic hydroxyl groups is 1. The smallest absolute Gasteiger partial charge is 0.144 e. The van der Waals surface area contributed by atoms with Gasteiger partial charge in [-0.2, -0.15) is 10.5 Å². The number of allylic oxidation sites excluding steroid dienone is 1. The van der Waals surface area contributed by atoms with Gasteiger partial charge in [0.05, 0.1) is 18.2 Å². The first kappa shape index (κ1) is 9.77. The fraction of sp³-hybridized carbons (Fsp3) is 0.600. The van der Waals surface area contributed by atoms with Gasteiger partial charge in [0, 0.05) is 0 Å². The Morgan fingerprint density at radius 1 is 1.31 bits per heavy atom. The van der Waals surface area contributed by atoms with E-state index in [1.807, 2.05) is 18.2 Å². The quantitative estimate of drug-likeness (QED) is 0.569. The molecule has 0 saturated heterocycles. The van der Waals surface area contributed by atoms with Crippen molar-refractivity contribution in [2.75, 3.05) is 0 Å². The average Bonchev–Trinajstić information content (AvgIpc) is 2.14. The molecule has 1 aliphatic rings. The van der Waals surface area contributed by atoms with Gasteiger partial charge >= 0.3 is 0 Å². The zero-order chi connectivity index (χ0) is 9.73. The molecule has 0 heterocycles. The van der Waals surface area contributed by atoms with Crippen molar-refractivity contribution >= 4 is 0 Å². The number of nitrogens with zero attached hydrogens (tertiary/aromatic N) is 2. The van der Waals surface area contributed by atoms with E-state index in [4.69, 9.17) is 10.5 Å². The monoisotopic (exact) mass is 176 g/mol. The van der Waals surface area contributed by atoms with Gasteiger partial charge in [-0.15, -0.1) is 0 Å². The highest BCUT2D eigenvalue weighted by Gasteiger charge is 2.30. The molecule has 0 amide bonds. The van der Waals surface area contributed by atoms with Crippen LogP contribution in [0.3, 0.4) is 0 Å². The average molecular weight is 176 g/mol. The minimum absolute atomic E-state index is 0.464. The van der Waals surface area contributed by atoms with Crippen molar-refractivity contribution in [1.82, 2.24) is 0 Å². The number of rotatable bonds is 0. The number of hydrogen-bond acceptors (Lipinski definition) is 3. The summed E-state index contributed by atoms with van der Waals surface area (Å²) in [6.45, 7) is 0. The van der Waals surface area contributed by atoms with Gasteiger partial charge in [0.25, 0.3) is 0 Å². The Hall–Kier alpha value is -1.32. The van der Waals surface area contributed by atoms with E-state index in [-0.39, 0.29) is 0 Å². The summed E-state index contributed by atoms with van der Waals surface area (Å²) in [5.74, 6) is 0. The fourth-order valence-corrected chi connectivity index (χ4v) is 1.45. The van der Waals surface area contributed by atoms with Crippen LogP contribution in [0.5, 0.6) is 0 Å². The third-order valence-electron chi connectivity index (χ3n) is 2.39. The van der Waals surface area contributed by atoms with Gasteiger partial charge in [-0.25, -0.2) is 0 Å². The fourth-order valence-electron chi connectivity index (χ4n) is 1.45. The molecule has 0 bridgehead atoms. The van der Waals surface area contributed by atoms with E-state index in [1.165, 1.54) is 0 Å². The van der Waals surface area contributed by atoms with Crippen molar-refractivity contribution in [2.45, 2.75) is 31.8 Å². The lowest BCUT2D eigenvalue weighted by Crippen LogP contribution is -2.20. The summed E-state index contributed by atoms with van der Waals surface area (Å²) in [5.41, 5.74) is -0.883. The van der Waals surface area contributed by atoms with E-state index in [0.717, 1.165) is 0 Å². The lowest BCUT2D eigenvalue weighted by Gasteiger charge is -2.20. The SMILES string of the molecule is N#CC1(C#N)CC/C=C\C(O)CC1. The van der Waals surface area contributed by atoms with Gasteiger partial charge in [-0.1, -0.05) is 12.2 Å². The Bertz CT molecular complexity index is 268. The van der Waals surface area contributed by atoms with E-state index in [0.29, 0.717) is 25.7 Å². The lowest BCUT2D eigenvalue weighted by molar-refractivity contribution is 0.193. The molecular formula is C10H12N2O. The molecule has 3 nitrogen and oxygen atoms in total. The topological polar surface area (TPSA) is 67.8 Å². The number of aliphatic hydroxyl groups excluding tert-OH is 1. The van der Waals surface area contributed by atoms with Crippen LogP contribution < -0.4 is 0 Å². The first-order valence-electron chi connectivity index (χ1n) is 4.40. The molecule has 0 aromatic rings. The predicted molar refractivity (Wildman–Crippen MR) is 47.3 cm³/mol. The van der Waals surface area contributed by atoms with Crippen molar-refractivity contribution in [2.24, 2.45) is 5.41 Å². The highest BCUT2D eigenvalue weighted by atomic mass is 16.3. The molecule has 3 heteroatoms. The molecule has 1 atom stereocenters. The Labute approximate surface area is 77.9 Å². The van der Waals surface area contributed by atoms with E-state index in [9.17, 15) is 5.11 Å². The normalized spacial score (nSPS) is 29.0. The van der Waals surface area contributed by atoms with Crippen molar-refractivity contribution in [1.29, 1.82) is 10.5 Å². The van der Waals surface area contributed by atoms with Crippen LogP contribution in [0.2, 0.25) is 0 Å². The molecule has 0 radical (unpaired) electrons. The molecule has 1 aliphatic carbocycles. The van der Waals surface area contributed by atoms with Crippen LogP contribution in [-0.2, 0) is 0 Å². The van der Waals surface area contributed by atoms with E-state index >= 15 is 0 Å². The molecule has 68 valence electrons. The largest absolute Gasteiger partial charge is 0.389 e. The maximum Gasteiger partial charge on any atom is 0.144 e. The maximum atomic E-state index is 9.33. The second-order valence-electron chi connectivity index (χ2n) is 3.38. The summed E-state index contributed by atoms with van der Waals surface area (Å²) in [4.78, 5) is 0. The first-order chi connectivity index (χ1) is 6.22. The van der Waals surface area contributed by atoms with Crippen LogP contribution in [0.4, 0.5) is 0 Å². The molecule has 0 aliphatic heterocycles. The molecule has 0 fully saturated rings. The Balaban J connectivity index is 2.76. The molecule has 0 aromatic heterocycles. The van der Waals surface area contributed by atoms with E-state index in [2.05, 4.69) is 0 Å². The maximum absolute atomic E-state index is 9.33. The lowest BCUT2D eigenvalue weighted by atomic mass is 9.80. The van der Waals surface area contributed by atoms with Crippen LogP contribution in [-0.4, -0.2) is 11.2 Å². The molecule has 0 aromatic carbocycles. The highest BCUT2D eigenvalue weighted by Crippen LogP contribution is 2.30. The zero-order valence-electron chi connectivity index (χ0n) is 7.40. The van der Waals surface area contributed by atoms with Crippen molar-refractivity contribution in [3.63, 3.8) is 0 Å². The third kappa shape index (κ3) is 2.31. The predicted octanol–water partition coefficient (Wildman–Crippen LogP) is 1.51. The van der Waals surface area contributed by atoms with Gasteiger partial charge in [-0.3, -0.25) is 0 Å². The van der Waals surface area contributed by atoms with Gasteiger partial charge in [0.15, 0.2) is 0 Å². The van der Waals surface area contributed by atoms with Crippen LogP contribution in [0, 0.1) is 28.1 Å². The Kier molecular flexibility index (Phi) is 3.06.